The Bertz CT molecular complexity index is 934. The third-order valence-electron chi connectivity index (χ3n) is 5.27. The van der Waals surface area contributed by atoms with Gasteiger partial charge in [-0.3, -0.25) is 4.98 Å². The van der Waals surface area contributed by atoms with Crippen molar-refractivity contribution in [3.63, 3.8) is 0 Å². The molecule has 1 aliphatic carbocycles. The summed E-state index contributed by atoms with van der Waals surface area (Å²) in [5, 5.41) is 0. The van der Waals surface area contributed by atoms with Gasteiger partial charge in [-0.15, -0.1) is 0 Å². The van der Waals surface area contributed by atoms with Crippen molar-refractivity contribution < 1.29 is 19.0 Å². The highest BCUT2D eigenvalue weighted by Gasteiger charge is 2.28. The minimum Gasteiger partial charge on any atom is -0.493 e. The average molecular weight is 394 g/mol. The van der Waals surface area contributed by atoms with E-state index >= 15 is 0 Å². The minimum absolute atomic E-state index is 0.317. The van der Waals surface area contributed by atoms with Crippen LogP contribution in [0.25, 0.3) is 5.57 Å². The molecule has 2 aliphatic rings. The maximum absolute atomic E-state index is 12.3. The number of ether oxygens (including phenoxy) is 3. The van der Waals surface area contributed by atoms with E-state index in [1.807, 2.05) is 19.1 Å². The van der Waals surface area contributed by atoms with Gasteiger partial charge in [-0.05, 0) is 49.5 Å². The molecule has 6 nitrogen and oxygen atoms in total. The van der Waals surface area contributed by atoms with Crippen LogP contribution in [0, 0.1) is 0 Å². The molecular weight excluding hydrogens is 368 g/mol. The van der Waals surface area contributed by atoms with Crippen molar-refractivity contribution in [3.8, 4) is 5.75 Å². The molecule has 1 saturated carbocycles. The van der Waals surface area contributed by atoms with Crippen LogP contribution in [0.1, 0.15) is 65.1 Å². The second-order valence-electron chi connectivity index (χ2n) is 7.35. The summed E-state index contributed by atoms with van der Waals surface area (Å²) in [6.07, 6.45) is 7.48. The molecule has 1 aromatic carbocycles. The Morgan fingerprint density at radius 1 is 1.31 bits per heavy atom. The van der Waals surface area contributed by atoms with Gasteiger partial charge >= 0.3 is 5.97 Å². The molecule has 152 valence electrons. The lowest BCUT2D eigenvalue weighted by molar-refractivity contribution is 0.0591. The Morgan fingerprint density at radius 3 is 2.86 bits per heavy atom. The van der Waals surface area contributed by atoms with Crippen LogP contribution in [-0.2, 0) is 15.9 Å². The number of hydrogen-bond acceptors (Lipinski definition) is 6. The van der Waals surface area contributed by atoms with Crippen LogP contribution < -0.4 is 4.74 Å². The first-order chi connectivity index (χ1) is 14.2. The van der Waals surface area contributed by atoms with Crippen molar-refractivity contribution in [1.82, 2.24) is 9.97 Å². The van der Waals surface area contributed by atoms with Crippen molar-refractivity contribution in [1.29, 1.82) is 0 Å². The fraction of sp³-hybridized carbons (Fsp3) is 0.435. The molecule has 6 heteroatoms. The summed E-state index contributed by atoms with van der Waals surface area (Å²) < 4.78 is 16.2. The highest BCUT2D eigenvalue weighted by molar-refractivity contribution is 5.88. The molecule has 0 unspecified atom stereocenters. The SMILES string of the molecule is CCOc1ccc(Cc2ncc(C3CC3)nc2C(=O)OC)cc1C1=CCOCC1. The standard InChI is InChI=1S/C23H26N2O4/c1-3-29-21-7-4-15(12-18(21)16-8-10-28-11-9-16)13-19-22(23(26)27-2)25-20(14-24-19)17-5-6-17/h4,7-8,12,14,17H,3,5-6,9-11,13H2,1-2H3. The van der Waals surface area contributed by atoms with E-state index in [2.05, 4.69) is 22.1 Å². The lowest BCUT2D eigenvalue weighted by Gasteiger charge is -2.18. The first kappa shape index (κ1) is 19.6. The number of hydrogen-bond donors (Lipinski definition) is 0. The lowest BCUT2D eigenvalue weighted by atomic mass is 9.96. The van der Waals surface area contributed by atoms with Gasteiger partial charge in [-0.1, -0.05) is 12.1 Å². The van der Waals surface area contributed by atoms with E-state index in [-0.39, 0.29) is 0 Å². The largest absolute Gasteiger partial charge is 0.493 e. The summed E-state index contributed by atoms with van der Waals surface area (Å²) >= 11 is 0. The second kappa shape index (κ2) is 8.74. The number of benzene rings is 1. The normalized spacial score (nSPS) is 16.3. The second-order valence-corrected chi connectivity index (χ2v) is 7.35. The molecule has 0 atom stereocenters. The van der Waals surface area contributed by atoms with E-state index in [4.69, 9.17) is 14.2 Å². The van der Waals surface area contributed by atoms with Crippen LogP contribution >= 0.6 is 0 Å². The van der Waals surface area contributed by atoms with Gasteiger partial charge in [0.1, 0.15) is 5.75 Å². The molecule has 0 saturated heterocycles. The number of carbonyl (C=O) groups is 1. The first-order valence-electron chi connectivity index (χ1n) is 10.2. The van der Waals surface area contributed by atoms with Gasteiger partial charge < -0.3 is 14.2 Å². The molecule has 2 heterocycles. The van der Waals surface area contributed by atoms with Crippen molar-refractivity contribution in [2.24, 2.45) is 0 Å². The van der Waals surface area contributed by atoms with Crippen molar-refractivity contribution >= 4 is 11.5 Å². The molecule has 2 aromatic rings. The molecule has 1 aliphatic heterocycles. The number of aromatic nitrogens is 2. The van der Waals surface area contributed by atoms with Crippen LogP contribution in [0.2, 0.25) is 0 Å². The molecule has 1 fully saturated rings. The molecule has 0 radical (unpaired) electrons. The molecule has 0 N–H and O–H groups in total. The van der Waals surface area contributed by atoms with Crippen molar-refractivity contribution in [3.05, 3.63) is 58.7 Å². The fourth-order valence-electron chi connectivity index (χ4n) is 3.58. The predicted molar refractivity (Wildman–Crippen MR) is 109 cm³/mol. The van der Waals surface area contributed by atoms with Crippen LogP contribution in [-0.4, -0.2) is 42.9 Å². The van der Waals surface area contributed by atoms with E-state index in [1.54, 1.807) is 6.20 Å². The molecule has 29 heavy (non-hydrogen) atoms. The van der Waals surface area contributed by atoms with E-state index in [0.29, 0.717) is 43.5 Å². The summed E-state index contributed by atoms with van der Waals surface area (Å²) in [6, 6.07) is 6.14. The lowest BCUT2D eigenvalue weighted by Crippen LogP contribution is -2.13. The fourth-order valence-corrected chi connectivity index (χ4v) is 3.58. The van der Waals surface area contributed by atoms with E-state index in [1.165, 1.54) is 12.7 Å². The third kappa shape index (κ3) is 4.48. The van der Waals surface area contributed by atoms with Crippen LogP contribution in [0.15, 0.2) is 30.5 Å². The summed E-state index contributed by atoms with van der Waals surface area (Å²) in [5.74, 6) is 0.860. The third-order valence-corrected chi connectivity index (χ3v) is 5.27. The summed E-state index contributed by atoms with van der Waals surface area (Å²) in [7, 11) is 1.38. The number of nitrogens with zero attached hydrogens (tertiary/aromatic N) is 2. The Morgan fingerprint density at radius 2 is 2.17 bits per heavy atom. The highest BCUT2D eigenvalue weighted by Crippen LogP contribution is 2.39. The van der Waals surface area contributed by atoms with Gasteiger partial charge in [-0.2, -0.15) is 0 Å². The van der Waals surface area contributed by atoms with Gasteiger partial charge in [0.15, 0.2) is 5.69 Å². The topological polar surface area (TPSA) is 70.5 Å². The van der Waals surface area contributed by atoms with Gasteiger partial charge in [0, 0.05) is 24.1 Å². The van der Waals surface area contributed by atoms with E-state index in [0.717, 1.165) is 41.8 Å². The van der Waals surface area contributed by atoms with Gasteiger partial charge in [-0.25, -0.2) is 9.78 Å². The van der Waals surface area contributed by atoms with E-state index < -0.39 is 5.97 Å². The smallest absolute Gasteiger partial charge is 0.358 e. The minimum atomic E-state index is -0.437. The molecule has 0 bridgehead atoms. The molecular formula is C23H26N2O4. The van der Waals surface area contributed by atoms with Gasteiger partial charge in [0.05, 0.1) is 38.3 Å². The maximum Gasteiger partial charge on any atom is 0.358 e. The number of carbonyl (C=O) groups excluding carboxylic acids is 1. The van der Waals surface area contributed by atoms with Crippen LogP contribution in [0.5, 0.6) is 5.75 Å². The van der Waals surface area contributed by atoms with Crippen LogP contribution in [0.4, 0.5) is 0 Å². The molecule has 1 aromatic heterocycles. The Hall–Kier alpha value is -2.73. The number of rotatable bonds is 7. The summed E-state index contributed by atoms with van der Waals surface area (Å²) in [5.41, 5.74) is 5.19. The van der Waals surface area contributed by atoms with Crippen LogP contribution in [0.3, 0.4) is 0 Å². The molecule has 0 spiro atoms. The number of esters is 1. The van der Waals surface area contributed by atoms with Gasteiger partial charge in [0.2, 0.25) is 0 Å². The average Bonchev–Trinajstić information content (AvgIpc) is 3.61. The summed E-state index contributed by atoms with van der Waals surface area (Å²) in [4.78, 5) is 21.5. The molecule has 4 rings (SSSR count). The molecule has 0 amide bonds. The summed E-state index contributed by atoms with van der Waals surface area (Å²) in [6.45, 7) is 3.92. The van der Waals surface area contributed by atoms with Crippen molar-refractivity contribution in [2.75, 3.05) is 26.9 Å². The van der Waals surface area contributed by atoms with E-state index in [9.17, 15) is 4.79 Å². The zero-order chi connectivity index (χ0) is 20.2. The highest BCUT2D eigenvalue weighted by atomic mass is 16.5. The predicted octanol–water partition coefficient (Wildman–Crippen LogP) is 3.93. The maximum atomic E-state index is 12.3. The monoisotopic (exact) mass is 394 g/mol. The zero-order valence-corrected chi connectivity index (χ0v) is 16.9. The Labute approximate surface area is 170 Å². The van der Waals surface area contributed by atoms with Gasteiger partial charge in [0.25, 0.3) is 0 Å². The zero-order valence-electron chi connectivity index (χ0n) is 16.9. The number of methoxy groups -OCH3 is 1. The first-order valence-corrected chi connectivity index (χ1v) is 10.2. The quantitative estimate of drug-likeness (QED) is 0.663. The Balaban J connectivity index is 1.67. The Kier molecular flexibility index (Phi) is 5.90. The van der Waals surface area contributed by atoms with Crippen molar-refractivity contribution in [2.45, 2.75) is 38.5 Å².